The number of piperidine rings is 1. The van der Waals surface area contributed by atoms with Gasteiger partial charge in [0.25, 0.3) is 0 Å². The molecular formula is C14H22N4. The van der Waals surface area contributed by atoms with Gasteiger partial charge in [-0.15, -0.1) is 0 Å². The van der Waals surface area contributed by atoms with E-state index in [1.165, 1.54) is 31.4 Å². The predicted octanol–water partition coefficient (Wildman–Crippen LogP) is 1.96. The van der Waals surface area contributed by atoms with Gasteiger partial charge in [0, 0.05) is 36.9 Å². The first-order chi connectivity index (χ1) is 8.74. The maximum absolute atomic E-state index is 4.53. The highest BCUT2D eigenvalue weighted by molar-refractivity contribution is 5.48. The number of anilines is 1. The van der Waals surface area contributed by atoms with Gasteiger partial charge in [0.15, 0.2) is 0 Å². The number of rotatable bonds is 4. The smallest absolute Gasteiger partial charge is 0.136 e. The van der Waals surface area contributed by atoms with Gasteiger partial charge in [0.1, 0.15) is 12.1 Å². The average molecular weight is 246 g/mol. The molecule has 1 aliphatic heterocycles. The largest absolute Gasteiger partial charge is 0.353 e. The first-order valence-electron chi connectivity index (χ1n) is 7.03. The molecule has 2 fully saturated rings. The summed E-state index contributed by atoms with van der Waals surface area (Å²) in [4.78, 5) is 11.2. The van der Waals surface area contributed by atoms with Crippen molar-refractivity contribution in [3.63, 3.8) is 0 Å². The second-order valence-corrected chi connectivity index (χ2v) is 5.89. The molecule has 1 saturated heterocycles. The van der Waals surface area contributed by atoms with Crippen molar-refractivity contribution in [2.24, 2.45) is 5.92 Å². The van der Waals surface area contributed by atoms with E-state index in [0.717, 1.165) is 24.3 Å². The number of fused-ring (bicyclic) bond motifs is 2. The van der Waals surface area contributed by atoms with Crippen molar-refractivity contribution in [1.82, 2.24) is 15.3 Å². The van der Waals surface area contributed by atoms with Crippen molar-refractivity contribution in [1.29, 1.82) is 0 Å². The molecule has 2 unspecified atom stereocenters. The van der Waals surface area contributed by atoms with Crippen LogP contribution in [0.3, 0.4) is 0 Å². The zero-order valence-electron chi connectivity index (χ0n) is 11.3. The van der Waals surface area contributed by atoms with Crippen LogP contribution in [0.4, 0.5) is 5.82 Å². The van der Waals surface area contributed by atoms with Gasteiger partial charge in [0.2, 0.25) is 0 Å². The van der Waals surface area contributed by atoms with Crippen LogP contribution in [-0.2, 0) is 6.54 Å². The third-order valence-electron chi connectivity index (χ3n) is 4.15. The summed E-state index contributed by atoms with van der Waals surface area (Å²) in [5.74, 6) is 2.06. The molecule has 1 aromatic rings. The van der Waals surface area contributed by atoms with Gasteiger partial charge < -0.3 is 10.2 Å². The van der Waals surface area contributed by atoms with Crippen molar-refractivity contribution in [3.8, 4) is 0 Å². The fraction of sp³-hybridized carbons (Fsp3) is 0.714. The first-order valence-corrected chi connectivity index (χ1v) is 7.03. The monoisotopic (exact) mass is 246 g/mol. The summed E-state index contributed by atoms with van der Waals surface area (Å²) in [6.07, 6.45) is 7.75. The molecule has 4 heteroatoms. The summed E-state index contributed by atoms with van der Waals surface area (Å²) in [5, 5.41) is 3.46. The van der Waals surface area contributed by atoms with Crippen LogP contribution in [0.25, 0.3) is 0 Å². The Balaban J connectivity index is 1.79. The van der Waals surface area contributed by atoms with Gasteiger partial charge in [-0.1, -0.05) is 13.8 Å². The van der Waals surface area contributed by atoms with Crippen LogP contribution in [0.5, 0.6) is 0 Å². The molecule has 1 aromatic heterocycles. The van der Waals surface area contributed by atoms with E-state index in [1.807, 2.05) is 6.20 Å². The number of nitrogens with one attached hydrogen (secondary N) is 1. The van der Waals surface area contributed by atoms with Gasteiger partial charge >= 0.3 is 0 Å². The topological polar surface area (TPSA) is 41.1 Å². The Morgan fingerprint density at radius 2 is 2.33 bits per heavy atom. The van der Waals surface area contributed by atoms with Crippen LogP contribution in [0.15, 0.2) is 12.5 Å². The van der Waals surface area contributed by atoms with E-state index < -0.39 is 0 Å². The highest BCUT2D eigenvalue weighted by Crippen LogP contribution is 2.40. The molecule has 2 aliphatic rings. The first kappa shape index (κ1) is 11.9. The van der Waals surface area contributed by atoms with Crippen molar-refractivity contribution in [2.75, 3.05) is 11.4 Å². The molecule has 0 amide bonds. The van der Waals surface area contributed by atoms with Crippen molar-refractivity contribution < 1.29 is 0 Å². The minimum absolute atomic E-state index is 0.494. The molecular weight excluding hydrogens is 224 g/mol. The molecule has 2 heterocycles. The molecule has 0 radical (unpaired) electrons. The highest BCUT2D eigenvalue weighted by atomic mass is 15.3. The fourth-order valence-corrected chi connectivity index (χ4v) is 3.23. The lowest BCUT2D eigenvalue weighted by Gasteiger charge is -2.29. The van der Waals surface area contributed by atoms with Crippen LogP contribution in [-0.4, -0.2) is 28.6 Å². The molecule has 3 rings (SSSR count). The van der Waals surface area contributed by atoms with E-state index in [1.54, 1.807) is 6.33 Å². The van der Waals surface area contributed by atoms with Crippen LogP contribution < -0.4 is 10.2 Å². The lowest BCUT2D eigenvalue weighted by molar-refractivity contribution is 0.543. The Labute approximate surface area is 109 Å². The van der Waals surface area contributed by atoms with Crippen LogP contribution in [0.1, 0.15) is 38.7 Å². The third kappa shape index (κ3) is 2.21. The second-order valence-electron chi connectivity index (χ2n) is 5.89. The van der Waals surface area contributed by atoms with E-state index in [0.29, 0.717) is 6.04 Å². The van der Waals surface area contributed by atoms with Gasteiger partial charge in [0.05, 0.1) is 0 Å². The van der Waals surface area contributed by atoms with Crippen molar-refractivity contribution in [3.05, 3.63) is 18.1 Å². The number of hydrogen-bond acceptors (Lipinski definition) is 4. The Kier molecular flexibility index (Phi) is 3.20. The average Bonchev–Trinajstić information content (AvgIpc) is 2.99. The maximum Gasteiger partial charge on any atom is 0.136 e. The summed E-state index contributed by atoms with van der Waals surface area (Å²) in [7, 11) is 0. The summed E-state index contributed by atoms with van der Waals surface area (Å²) in [6.45, 7) is 6.39. The Morgan fingerprint density at radius 1 is 1.44 bits per heavy atom. The standard InChI is InChI=1S/C14H22N4/c1-10(2)16-7-12-6-15-9-17-14(12)18-8-11-3-4-13(18)5-11/h6,9-11,13,16H,3-5,7-8H2,1-2H3. The van der Waals surface area contributed by atoms with Crippen molar-refractivity contribution >= 4 is 5.82 Å². The molecule has 1 aliphatic carbocycles. The van der Waals surface area contributed by atoms with Crippen molar-refractivity contribution in [2.45, 2.75) is 51.7 Å². The minimum atomic E-state index is 0.494. The number of hydrogen-bond donors (Lipinski definition) is 1. The van der Waals surface area contributed by atoms with Gasteiger partial charge in [-0.05, 0) is 25.2 Å². The molecule has 1 N–H and O–H groups in total. The van der Waals surface area contributed by atoms with E-state index >= 15 is 0 Å². The van der Waals surface area contributed by atoms with Crippen LogP contribution in [0.2, 0.25) is 0 Å². The second kappa shape index (κ2) is 4.84. The fourth-order valence-electron chi connectivity index (χ4n) is 3.23. The molecule has 1 saturated carbocycles. The normalized spacial score (nSPS) is 26.3. The predicted molar refractivity (Wildman–Crippen MR) is 72.5 cm³/mol. The molecule has 98 valence electrons. The number of aromatic nitrogens is 2. The van der Waals surface area contributed by atoms with E-state index in [9.17, 15) is 0 Å². The van der Waals surface area contributed by atoms with Gasteiger partial charge in [-0.2, -0.15) is 0 Å². The zero-order chi connectivity index (χ0) is 12.5. The van der Waals surface area contributed by atoms with Gasteiger partial charge in [-0.3, -0.25) is 0 Å². The lowest BCUT2D eigenvalue weighted by Crippen LogP contribution is -2.34. The number of nitrogens with zero attached hydrogens (tertiary/aromatic N) is 3. The Bertz CT molecular complexity index is 418. The molecule has 4 nitrogen and oxygen atoms in total. The molecule has 2 bridgehead atoms. The third-order valence-corrected chi connectivity index (χ3v) is 4.15. The molecule has 18 heavy (non-hydrogen) atoms. The quantitative estimate of drug-likeness (QED) is 0.882. The van der Waals surface area contributed by atoms with E-state index in [2.05, 4.69) is 34.0 Å². The van der Waals surface area contributed by atoms with E-state index in [-0.39, 0.29) is 0 Å². The molecule has 0 aromatic carbocycles. The summed E-state index contributed by atoms with van der Waals surface area (Å²) >= 11 is 0. The zero-order valence-corrected chi connectivity index (χ0v) is 11.3. The Hall–Kier alpha value is -1.16. The lowest BCUT2D eigenvalue weighted by atomic mass is 10.1. The summed E-state index contributed by atoms with van der Waals surface area (Å²) < 4.78 is 0. The van der Waals surface area contributed by atoms with Crippen LogP contribution in [0, 0.1) is 5.92 Å². The SMILES string of the molecule is CC(C)NCc1cncnc1N1CC2CCC1C2. The van der Waals surface area contributed by atoms with Crippen LogP contribution >= 0.6 is 0 Å². The maximum atomic E-state index is 4.53. The van der Waals surface area contributed by atoms with E-state index in [4.69, 9.17) is 0 Å². The minimum Gasteiger partial charge on any atom is -0.353 e. The molecule has 0 spiro atoms. The summed E-state index contributed by atoms with van der Waals surface area (Å²) in [6, 6.07) is 1.22. The molecule has 2 atom stereocenters. The van der Waals surface area contributed by atoms with Gasteiger partial charge in [-0.25, -0.2) is 9.97 Å². The Morgan fingerprint density at radius 3 is 3.00 bits per heavy atom. The summed E-state index contributed by atoms with van der Waals surface area (Å²) in [5.41, 5.74) is 1.23. The highest BCUT2D eigenvalue weighted by Gasteiger charge is 2.39.